The van der Waals surface area contributed by atoms with E-state index in [-0.39, 0.29) is 18.4 Å². The number of benzene rings is 1. The van der Waals surface area contributed by atoms with Gasteiger partial charge in [0.1, 0.15) is 17.1 Å². The molecule has 142 valence electrons. The molecule has 2 N–H and O–H groups in total. The molecule has 0 unspecified atom stereocenters. The highest BCUT2D eigenvalue weighted by Crippen LogP contribution is 2.49. The van der Waals surface area contributed by atoms with E-state index in [1.165, 1.54) is 0 Å². The van der Waals surface area contributed by atoms with E-state index in [1.54, 1.807) is 17.2 Å². The van der Waals surface area contributed by atoms with Crippen LogP contribution in [0.25, 0.3) is 11.4 Å². The first kappa shape index (κ1) is 16.9. The highest BCUT2D eigenvalue weighted by Gasteiger charge is 2.52. The number of rotatable bonds is 3. The van der Waals surface area contributed by atoms with Crippen molar-refractivity contribution in [2.45, 2.75) is 5.92 Å². The summed E-state index contributed by atoms with van der Waals surface area (Å²) in [6.07, 6.45) is 1.69. The summed E-state index contributed by atoms with van der Waals surface area (Å²) in [5, 5.41) is 17.2. The molecule has 1 amide bonds. The molecule has 0 aliphatic carbocycles. The number of hydrogen-bond donors (Lipinski definition) is 2. The van der Waals surface area contributed by atoms with Gasteiger partial charge in [-0.15, -0.1) is 0 Å². The molecule has 1 aromatic carbocycles. The number of nitrogens with zero attached hydrogens (tertiary/aromatic N) is 3. The molecule has 1 fully saturated rings. The number of likely N-dealkylation sites (tertiary alicyclic amines) is 1. The Hall–Kier alpha value is -3.19. The quantitative estimate of drug-likeness (QED) is 0.730. The third kappa shape index (κ3) is 2.58. The summed E-state index contributed by atoms with van der Waals surface area (Å²) >= 11 is 0. The maximum atomic E-state index is 13.1. The molecule has 2 aromatic heterocycles. The Balaban J connectivity index is 1.43. The van der Waals surface area contributed by atoms with Crippen molar-refractivity contribution in [1.82, 2.24) is 20.1 Å². The fraction of sp³-hybridized carbons (Fsp3) is 0.286. The molecule has 0 radical (unpaired) electrons. The Kier molecular flexibility index (Phi) is 3.91. The van der Waals surface area contributed by atoms with E-state index in [0.717, 1.165) is 11.3 Å². The minimum absolute atomic E-state index is 0.0298. The van der Waals surface area contributed by atoms with Gasteiger partial charge in [0, 0.05) is 25.2 Å². The van der Waals surface area contributed by atoms with E-state index in [9.17, 15) is 9.90 Å². The molecule has 0 bridgehead atoms. The van der Waals surface area contributed by atoms with Crippen LogP contribution in [0.3, 0.4) is 0 Å². The summed E-state index contributed by atoms with van der Waals surface area (Å²) in [7, 11) is 0. The molecular formula is C21H20N4O3. The second kappa shape index (κ2) is 6.45. The number of carbonyl (C=O) groups excluding carboxylic acids is 1. The summed E-state index contributed by atoms with van der Waals surface area (Å²) in [4.78, 5) is 19.2. The molecular weight excluding hydrogens is 356 g/mol. The molecule has 2 aliphatic heterocycles. The lowest BCUT2D eigenvalue weighted by Gasteiger charge is -2.37. The number of H-pyrrole nitrogens is 1. The van der Waals surface area contributed by atoms with Gasteiger partial charge in [0.25, 0.3) is 5.91 Å². The molecule has 1 saturated heterocycles. The molecule has 0 saturated carbocycles. The van der Waals surface area contributed by atoms with Crippen LogP contribution < -0.4 is 4.74 Å². The van der Waals surface area contributed by atoms with Gasteiger partial charge in [-0.3, -0.25) is 14.9 Å². The topological polar surface area (TPSA) is 91.3 Å². The fourth-order valence-corrected chi connectivity index (χ4v) is 4.27. The zero-order chi connectivity index (χ0) is 19.1. The van der Waals surface area contributed by atoms with Crippen molar-refractivity contribution in [1.29, 1.82) is 0 Å². The van der Waals surface area contributed by atoms with Crippen LogP contribution in [0.1, 0.15) is 22.0 Å². The molecule has 3 aromatic rings. The molecule has 7 heteroatoms. The molecule has 2 atom stereocenters. The van der Waals surface area contributed by atoms with Gasteiger partial charge < -0.3 is 14.7 Å². The second-order valence-electron chi connectivity index (χ2n) is 7.47. The Labute approximate surface area is 162 Å². The lowest BCUT2D eigenvalue weighted by Crippen LogP contribution is -2.42. The van der Waals surface area contributed by atoms with E-state index in [2.05, 4.69) is 15.2 Å². The monoisotopic (exact) mass is 376 g/mol. The number of pyridine rings is 1. The summed E-state index contributed by atoms with van der Waals surface area (Å²) < 4.78 is 5.90. The van der Waals surface area contributed by atoms with Crippen LogP contribution in [0.15, 0.2) is 54.7 Å². The van der Waals surface area contributed by atoms with E-state index in [0.29, 0.717) is 36.8 Å². The summed E-state index contributed by atoms with van der Waals surface area (Å²) in [6, 6.07) is 15.2. The molecule has 7 nitrogen and oxygen atoms in total. The number of para-hydroxylation sites is 1. The molecule has 2 aliphatic rings. The van der Waals surface area contributed by atoms with Crippen LogP contribution in [-0.4, -0.2) is 57.4 Å². The lowest BCUT2D eigenvalue weighted by atomic mass is 9.74. The van der Waals surface area contributed by atoms with Crippen molar-refractivity contribution in [3.8, 4) is 17.1 Å². The number of aliphatic hydroxyl groups excluding tert-OH is 1. The van der Waals surface area contributed by atoms with Crippen molar-refractivity contribution in [2.24, 2.45) is 5.41 Å². The number of aliphatic hydroxyl groups is 1. The molecule has 4 heterocycles. The van der Waals surface area contributed by atoms with Crippen LogP contribution in [0, 0.1) is 5.41 Å². The minimum Gasteiger partial charge on any atom is -0.493 e. The number of hydrogen-bond acceptors (Lipinski definition) is 5. The van der Waals surface area contributed by atoms with Crippen molar-refractivity contribution in [2.75, 3.05) is 26.3 Å². The normalized spacial score (nSPS) is 23.0. The van der Waals surface area contributed by atoms with Crippen molar-refractivity contribution < 1.29 is 14.6 Å². The summed E-state index contributed by atoms with van der Waals surface area (Å²) in [5.41, 5.74) is 2.33. The highest BCUT2D eigenvalue weighted by atomic mass is 16.5. The first-order valence-corrected chi connectivity index (χ1v) is 9.29. The molecule has 0 spiro atoms. The number of nitrogens with one attached hydrogen (secondary N) is 1. The van der Waals surface area contributed by atoms with E-state index in [4.69, 9.17) is 4.74 Å². The number of carbonyl (C=O) groups is 1. The summed E-state index contributed by atoms with van der Waals surface area (Å²) in [5.74, 6) is 0.754. The van der Waals surface area contributed by atoms with Gasteiger partial charge in [0.05, 0.1) is 24.3 Å². The predicted molar refractivity (Wildman–Crippen MR) is 102 cm³/mol. The van der Waals surface area contributed by atoms with Crippen LogP contribution in [0.5, 0.6) is 5.75 Å². The first-order chi connectivity index (χ1) is 13.7. The zero-order valence-corrected chi connectivity index (χ0v) is 15.2. The Morgan fingerprint density at radius 3 is 2.93 bits per heavy atom. The Morgan fingerprint density at radius 1 is 1.25 bits per heavy atom. The van der Waals surface area contributed by atoms with Gasteiger partial charge in [-0.25, -0.2) is 0 Å². The van der Waals surface area contributed by atoms with E-state index >= 15 is 0 Å². The smallest absolute Gasteiger partial charge is 0.271 e. The largest absolute Gasteiger partial charge is 0.493 e. The zero-order valence-electron chi connectivity index (χ0n) is 15.2. The highest BCUT2D eigenvalue weighted by molar-refractivity contribution is 5.93. The van der Waals surface area contributed by atoms with Crippen molar-refractivity contribution in [3.05, 3.63) is 66.0 Å². The predicted octanol–water partition coefficient (Wildman–Crippen LogP) is 2.08. The van der Waals surface area contributed by atoms with E-state index < -0.39 is 5.41 Å². The minimum atomic E-state index is -0.478. The second-order valence-corrected chi connectivity index (χ2v) is 7.47. The number of fused-ring (bicyclic) bond motifs is 3. The van der Waals surface area contributed by atoms with Gasteiger partial charge >= 0.3 is 0 Å². The molecule has 28 heavy (non-hydrogen) atoms. The maximum absolute atomic E-state index is 13.1. The first-order valence-electron chi connectivity index (χ1n) is 9.29. The van der Waals surface area contributed by atoms with Gasteiger partial charge in [-0.05, 0) is 29.8 Å². The third-order valence-corrected chi connectivity index (χ3v) is 5.80. The maximum Gasteiger partial charge on any atom is 0.271 e. The van der Waals surface area contributed by atoms with Crippen LogP contribution in [-0.2, 0) is 0 Å². The third-order valence-electron chi connectivity index (χ3n) is 5.80. The van der Waals surface area contributed by atoms with Gasteiger partial charge in [-0.1, -0.05) is 24.3 Å². The molecule has 5 rings (SSSR count). The number of ether oxygens (including phenoxy) is 1. The average molecular weight is 376 g/mol. The standard InChI is InChI=1S/C21H20N4O3/c26-12-21-11-25(10-15(21)14-5-1-2-7-19(14)28-13-21)20(27)18-9-17(23-24-18)16-6-3-4-8-22-16/h1-9,15,26H,10-13H2,(H,23,24)/t15-,21-/m1/s1. The van der Waals surface area contributed by atoms with Gasteiger partial charge in [0.2, 0.25) is 0 Å². The van der Waals surface area contributed by atoms with Crippen LogP contribution >= 0.6 is 0 Å². The number of aromatic nitrogens is 3. The van der Waals surface area contributed by atoms with E-state index in [1.807, 2.05) is 42.5 Å². The SMILES string of the molecule is O=C(c1cc(-c2ccccn2)n[nH]1)N1C[C@@H]2c3ccccc3OC[C@]2(CO)C1. The number of amides is 1. The van der Waals surface area contributed by atoms with Crippen molar-refractivity contribution >= 4 is 5.91 Å². The summed E-state index contributed by atoms with van der Waals surface area (Å²) in [6.45, 7) is 1.35. The Bertz CT molecular complexity index is 1020. The van der Waals surface area contributed by atoms with Crippen LogP contribution in [0.2, 0.25) is 0 Å². The Morgan fingerprint density at radius 2 is 2.11 bits per heavy atom. The van der Waals surface area contributed by atoms with Crippen molar-refractivity contribution in [3.63, 3.8) is 0 Å². The average Bonchev–Trinajstić information content (AvgIpc) is 3.40. The fourth-order valence-electron chi connectivity index (χ4n) is 4.27. The van der Waals surface area contributed by atoms with Gasteiger partial charge in [0.15, 0.2) is 0 Å². The van der Waals surface area contributed by atoms with Gasteiger partial charge in [-0.2, -0.15) is 5.10 Å². The lowest BCUT2D eigenvalue weighted by molar-refractivity contribution is 0.0439. The number of aromatic amines is 1. The van der Waals surface area contributed by atoms with Crippen LogP contribution in [0.4, 0.5) is 0 Å².